The van der Waals surface area contributed by atoms with Gasteiger partial charge in [-0.05, 0) is 35.9 Å². The highest BCUT2D eigenvalue weighted by atomic mass is 16.6. The van der Waals surface area contributed by atoms with Crippen LogP contribution < -0.4 is 15.7 Å². The molecule has 1 aromatic heterocycles. The van der Waals surface area contributed by atoms with E-state index in [1.54, 1.807) is 42.5 Å². The number of fused-ring (bicyclic) bond motifs is 1. The van der Waals surface area contributed by atoms with Gasteiger partial charge >= 0.3 is 5.63 Å². The lowest BCUT2D eigenvalue weighted by Crippen LogP contribution is -2.13. The van der Waals surface area contributed by atoms with E-state index < -0.39 is 16.5 Å². The third kappa shape index (κ3) is 3.99. The average molecular weight is 416 g/mol. The van der Waals surface area contributed by atoms with Crippen LogP contribution >= 0.6 is 0 Å². The lowest BCUT2D eigenvalue weighted by Gasteiger charge is -2.10. The van der Waals surface area contributed by atoms with Crippen LogP contribution in [0.4, 0.5) is 11.4 Å². The Morgan fingerprint density at radius 1 is 1.03 bits per heavy atom. The number of carbonyl (C=O) groups is 1. The maximum Gasteiger partial charge on any atom is 0.344 e. The average Bonchev–Trinajstić information content (AvgIpc) is 2.78. The number of nitrogens with zero attached hydrogens (tertiary/aromatic N) is 1. The normalized spacial score (nSPS) is 10.6. The Bertz CT molecular complexity index is 1360. The van der Waals surface area contributed by atoms with Crippen LogP contribution in [0.1, 0.15) is 10.4 Å². The minimum absolute atomic E-state index is 0.145. The molecule has 0 bridgehead atoms. The molecule has 0 radical (unpaired) electrons. The lowest BCUT2D eigenvalue weighted by atomic mass is 10.0. The molecule has 0 spiro atoms. The van der Waals surface area contributed by atoms with Gasteiger partial charge in [-0.3, -0.25) is 14.9 Å². The molecule has 8 heteroatoms. The number of para-hydroxylation sites is 1. The van der Waals surface area contributed by atoms with E-state index in [-0.39, 0.29) is 11.4 Å². The second-order valence-electron chi connectivity index (χ2n) is 6.66. The Hall–Kier alpha value is -4.46. The minimum Gasteiger partial charge on any atom is -0.494 e. The summed E-state index contributed by atoms with van der Waals surface area (Å²) in [7, 11) is 1.36. The Balaban J connectivity index is 1.59. The van der Waals surface area contributed by atoms with Crippen molar-refractivity contribution in [1.82, 2.24) is 0 Å². The predicted octanol–water partition coefficient (Wildman–Crippen LogP) is 4.63. The maximum atomic E-state index is 12.6. The van der Waals surface area contributed by atoms with Crippen LogP contribution in [0, 0.1) is 10.1 Å². The molecule has 3 aromatic carbocycles. The van der Waals surface area contributed by atoms with Crippen molar-refractivity contribution in [3.63, 3.8) is 0 Å². The maximum absolute atomic E-state index is 12.6. The summed E-state index contributed by atoms with van der Waals surface area (Å²) in [6.07, 6.45) is 0. The van der Waals surface area contributed by atoms with E-state index in [2.05, 4.69) is 5.32 Å². The summed E-state index contributed by atoms with van der Waals surface area (Å²) in [6.45, 7) is 0. The van der Waals surface area contributed by atoms with Gasteiger partial charge in [0.25, 0.3) is 11.6 Å². The monoisotopic (exact) mass is 416 g/mol. The fourth-order valence-electron chi connectivity index (χ4n) is 3.16. The highest BCUT2D eigenvalue weighted by Gasteiger charge is 2.15. The zero-order valence-electron chi connectivity index (χ0n) is 16.3. The molecule has 0 fully saturated rings. The first kappa shape index (κ1) is 19.8. The van der Waals surface area contributed by atoms with Gasteiger partial charge in [-0.1, -0.05) is 30.3 Å². The van der Waals surface area contributed by atoms with Crippen molar-refractivity contribution in [2.45, 2.75) is 0 Å². The molecule has 0 saturated heterocycles. The van der Waals surface area contributed by atoms with Gasteiger partial charge in [-0.25, -0.2) is 4.79 Å². The van der Waals surface area contributed by atoms with Gasteiger partial charge in [0.05, 0.1) is 29.4 Å². The van der Waals surface area contributed by atoms with Crippen LogP contribution in [-0.2, 0) is 0 Å². The van der Waals surface area contributed by atoms with E-state index in [1.807, 2.05) is 12.1 Å². The molecule has 0 unspecified atom stereocenters. The SMILES string of the molecule is COc1cc([N+](=O)[O-])ccc1NC(=O)c1ccc(-c2cc3ccccc3oc2=O)cc1. The summed E-state index contributed by atoms with van der Waals surface area (Å²) in [5.41, 5.74) is 1.54. The van der Waals surface area contributed by atoms with E-state index in [0.717, 1.165) is 5.39 Å². The first-order valence-electron chi connectivity index (χ1n) is 9.23. The first-order valence-corrected chi connectivity index (χ1v) is 9.23. The largest absolute Gasteiger partial charge is 0.494 e. The van der Waals surface area contributed by atoms with E-state index in [9.17, 15) is 19.7 Å². The fourth-order valence-corrected chi connectivity index (χ4v) is 3.16. The van der Waals surface area contributed by atoms with Crippen molar-refractivity contribution in [2.24, 2.45) is 0 Å². The first-order chi connectivity index (χ1) is 15.0. The van der Waals surface area contributed by atoms with Crippen LogP contribution in [0.25, 0.3) is 22.1 Å². The van der Waals surface area contributed by atoms with Crippen molar-refractivity contribution in [3.8, 4) is 16.9 Å². The number of rotatable bonds is 5. The highest BCUT2D eigenvalue weighted by Crippen LogP contribution is 2.29. The van der Waals surface area contributed by atoms with Crippen molar-refractivity contribution < 1.29 is 18.9 Å². The Morgan fingerprint density at radius 3 is 2.48 bits per heavy atom. The van der Waals surface area contributed by atoms with E-state index in [4.69, 9.17) is 9.15 Å². The molecule has 4 aromatic rings. The van der Waals surface area contributed by atoms with Gasteiger partial charge in [0, 0.05) is 17.0 Å². The number of nitrogens with one attached hydrogen (secondary N) is 1. The standard InChI is InChI=1S/C23H16N2O6/c1-30-21-13-17(25(28)29)10-11-19(21)24-22(26)15-8-6-14(7-9-15)18-12-16-4-2-3-5-20(16)31-23(18)27/h2-13H,1H3,(H,24,26). The number of benzene rings is 3. The van der Waals surface area contributed by atoms with Crippen molar-refractivity contribution in [1.29, 1.82) is 0 Å². The van der Waals surface area contributed by atoms with Gasteiger partial charge in [0.15, 0.2) is 0 Å². The topological polar surface area (TPSA) is 112 Å². The van der Waals surface area contributed by atoms with Gasteiger partial charge < -0.3 is 14.5 Å². The van der Waals surface area contributed by atoms with Crippen LogP contribution in [0.15, 0.2) is 82.0 Å². The number of nitro groups is 1. The number of carbonyl (C=O) groups excluding carboxylic acids is 1. The molecule has 0 aliphatic carbocycles. The molecular weight excluding hydrogens is 400 g/mol. The molecule has 0 aliphatic heterocycles. The number of ether oxygens (including phenoxy) is 1. The number of non-ortho nitro benzene ring substituents is 1. The summed E-state index contributed by atoms with van der Waals surface area (Å²) >= 11 is 0. The minimum atomic E-state index is -0.545. The lowest BCUT2D eigenvalue weighted by molar-refractivity contribution is -0.384. The Labute approximate surface area is 175 Å². The second kappa shape index (κ2) is 8.11. The number of hydrogen-bond donors (Lipinski definition) is 1. The van der Waals surface area contributed by atoms with Gasteiger partial charge in [-0.2, -0.15) is 0 Å². The molecular formula is C23H16N2O6. The summed E-state index contributed by atoms with van der Waals surface area (Å²) in [5.74, 6) is -0.253. The number of methoxy groups -OCH3 is 1. The summed E-state index contributed by atoms with van der Waals surface area (Å²) in [4.78, 5) is 35.3. The zero-order valence-corrected chi connectivity index (χ0v) is 16.3. The van der Waals surface area contributed by atoms with Crippen molar-refractivity contribution >= 4 is 28.3 Å². The molecule has 1 amide bonds. The van der Waals surface area contributed by atoms with Crippen LogP contribution in [0.2, 0.25) is 0 Å². The number of hydrogen-bond acceptors (Lipinski definition) is 6. The van der Waals surface area contributed by atoms with Crippen LogP contribution in [0.5, 0.6) is 5.75 Å². The summed E-state index contributed by atoms with van der Waals surface area (Å²) in [6, 6.07) is 19.4. The van der Waals surface area contributed by atoms with Crippen molar-refractivity contribution in [3.05, 3.63) is 98.9 Å². The molecule has 0 atom stereocenters. The quantitative estimate of drug-likeness (QED) is 0.288. The summed E-state index contributed by atoms with van der Waals surface area (Å²) < 4.78 is 10.5. The fraction of sp³-hybridized carbons (Fsp3) is 0.0435. The Morgan fingerprint density at radius 2 is 1.77 bits per heavy atom. The van der Waals surface area contributed by atoms with Crippen LogP contribution in [-0.4, -0.2) is 17.9 Å². The predicted molar refractivity (Wildman–Crippen MR) is 116 cm³/mol. The second-order valence-corrected chi connectivity index (χ2v) is 6.66. The van der Waals surface area contributed by atoms with Gasteiger partial charge in [0.2, 0.25) is 0 Å². The van der Waals surface area contributed by atoms with E-state index in [1.165, 1.54) is 25.3 Å². The van der Waals surface area contributed by atoms with Gasteiger partial charge in [0.1, 0.15) is 11.3 Å². The molecule has 31 heavy (non-hydrogen) atoms. The van der Waals surface area contributed by atoms with E-state index >= 15 is 0 Å². The molecule has 154 valence electrons. The van der Waals surface area contributed by atoms with Gasteiger partial charge in [-0.15, -0.1) is 0 Å². The third-order valence-electron chi connectivity index (χ3n) is 4.74. The van der Waals surface area contributed by atoms with Crippen LogP contribution in [0.3, 0.4) is 0 Å². The van der Waals surface area contributed by atoms with Crippen molar-refractivity contribution in [2.75, 3.05) is 12.4 Å². The molecule has 0 aliphatic rings. The Kier molecular flexibility index (Phi) is 5.19. The molecule has 8 nitrogen and oxygen atoms in total. The molecule has 4 rings (SSSR count). The smallest absolute Gasteiger partial charge is 0.344 e. The van der Waals surface area contributed by atoms with E-state index in [0.29, 0.717) is 28.0 Å². The number of anilines is 1. The molecule has 1 heterocycles. The zero-order chi connectivity index (χ0) is 22.0. The molecule has 0 saturated carbocycles. The third-order valence-corrected chi connectivity index (χ3v) is 4.74. The highest BCUT2D eigenvalue weighted by molar-refractivity contribution is 6.05. The molecule has 1 N–H and O–H groups in total. The number of nitro benzene ring substituents is 1. The number of amides is 1. The summed E-state index contributed by atoms with van der Waals surface area (Å²) in [5, 5.41) is 14.4.